The van der Waals surface area contributed by atoms with E-state index in [1.54, 1.807) is 13.8 Å². The van der Waals surface area contributed by atoms with Crippen molar-refractivity contribution in [2.24, 2.45) is 0 Å². The largest absolute Gasteiger partial charge is 0.416 e. The van der Waals surface area contributed by atoms with Crippen LogP contribution in [0.4, 0.5) is 13.2 Å². The van der Waals surface area contributed by atoms with Crippen LogP contribution in [0.25, 0.3) is 0 Å². The zero-order valence-corrected chi connectivity index (χ0v) is 11.3. The Balaban J connectivity index is 2.39. The molecule has 0 radical (unpaired) electrons. The van der Waals surface area contributed by atoms with E-state index in [1.807, 2.05) is 0 Å². The van der Waals surface area contributed by atoms with Gasteiger partial charge >= 0.3 is 11.8 Å². The van der Waals surface area contributed by atoms with E-state index in [-0.39, 0.29) is 11.5 Å². The SMILES string of the molecule is CC(C)c1cc(=O)on1C(=O)c1ccc(C(F)(F)F)cc1. The Hall–Kier alpha value is -2.31. The number of carbonyl (C=O) groups excluding carboxylic acids is 1. The molecule has 0 spiro atoms. The van der Waals surface area contributed by atoms with E-state index < -0.39 is 23.3 Å². The molecule has 0 atom stereocenters. The summed E-state index contributed by atoms with van der Waals surface area (Å²) < 4.78 is 43.0. The average molecular weight is 299 g/mol. The molecular weight excluding hydrogens is 287 g/mol. The lowest BCUT2D eigenvalue weighted by atomic mass is 10.1. The molecule has 1 aromatic heterocycles. The Morgan fingerprint density at radius 1 is 1.19 bits per heavy atom. The van der Waals surface area contributed by atoms with E-state index >= 15 is 0 Å². The summed E-state index contributed by atoms with van der Waals surface area (Å²) in [6.45, 7) is 3.53. The summed E-state index contributed by atoms with van der Waals surface area (Å²) in [5, 5.41) is 0. The van der Waals surface area contributed by atoms with Gasteiger partial charge in [-0.1, -0.05) is 13.8 Å². The van der Waals surface area contributed by atoms with Gasteiger partial charge in [0.2, 0.25) is 0 Å². The molecule has 0 bridgehead atoms. The molecule has 0 aliphatic carbocycles. The lowest BCUT2D eigenvalue weighted by Crippen LogP contribution is -2.15. The van der Waals surface area contributed by atoms with Crippen molar-refractivity contribution in [3.63, 3.8) is 0 Å². The summed E-state index contributed by atoms with van der Waals surface area (Å²) in [5.74, 6) is -0.829. The minimum absolute atomic E-state index is 0.00394. The van der Waals surface area contributed by atoms with E-state index in [1.165, 1.54) is 6.07 Å². The number of carbonyl (C=O) groups is 1. The lowest BCUT2D eigenvalue weighted by molar-refractivity contribution is -0.137. The minimum atomic E-state index is -4.47. The number of hydrogen-bond acceptors (Lipinski definition) is 3. The first-order chi connectivity index (χ1) is 9.70. The summed E-state index contributed by atoms with van der Waals surface area (Å²) in [7, 11) is 0. The van der Waals surface area contributed by atoms with Gasteiger partial charge in [0.05, 0.1) is 11.3 Å². The number of aromatic nitrogens is 1. The van der Waals surface area contributed by atoms with Gasteiger partial charge in [-0.25, -0.2) is 4.79 Å². The van der Waals surface area contributed by atoms with Gasteiger partial charge in [-0.2, -0.15) is 13.2 Å². The lowest BCUT2D eigenvalue weighted by Gasteiger charge is -2.09. The zero-order valence-electron chi connectivity index (χ0n) is 11.3. The summed E-state index contributed by atoms with van der Waals surface area (Å²) in [6, 6.07) is 4.91. The van der Waals surface area contributed by atoms with Crippen molar-refractivity contribution >= 4 is 5.91 Å². The van der Waals surface area contributed by atoms with Crippen molar-refractivity contribution in [2.45, 2.75) is 25.9 Å². The molecule has 0 unspecified atom stereocenters. The second kappa shape index (κ2) is 5.23. The molecule has 0 saturated carbocycles. The van der Waals surface area contributed by atoms with Crippen molar-refractivity contribution in [3.8, 4) is 0 Å². The molecule has 0 amide bonds. The van der Waals surface area contributed by atoms with Gasteiger partial charge in [-0.3, -0.25) is 4.79 Å². The molecule has 2 aromatic rings. The van der Waals surface area contributed by atoms with Gasteiger partial charge in [0.1, 0.15) is 0 Å². The molecule has 112 valence electrons. The topological polar surface area (TPSA) is 52.2 Å². The molecule has 21 heavy (non-hydrogen) atoms. The maximum Gasteiger partial charge on any atom is 0.416 e. The van der Waals surface area contributed by atoms with Crippen LogP contribution in [0.1, 0.15) is 41.4 Å². The summed E-state index contributed by atoms with van der Waals surface area (Å²) in [4.78, 5) is 23.4. The highest BCUT2D eigenvalue weighted by Gasteiger charge is 2.30. The van der Waals surface area contributed by atoms with Gasteiger partial charge in [-0.15, -0.1) is 4.74 Å². The first kappa shape index (κ1) is 15.1. The quantitative estimate of drug-likeness (QED) is 0.855. The van der Waals surface area contributed by atoms with Crippen LogP contribution in [0.3, 0.4) is 0 Å². The first-order valence-electron chi connectivity index (χ1n) is 6.15. The molecule has 2 rings (SSSR count). The fourth-order valence-electron chi connectivity index (χ4n) is 1.83. The maximum atomic E-state index is 12.5. The molecule has 4 nitrogen and oxygen atoms in total. The molecule has 0 saturated heterocycles. The average Bonchev–Trinajstić information content (AvgIpc) is 2.79. The number of benzene rings is 1. The fraction of sp³-hybridized carbons (Fsp3) is 0.286. The Bertz CT molecular complexity index is 708. The van der Waals surface area contributed by atoms with E-state index in [0.29, 0.717) is 5.69 Å². The highest BCUT2D eigenvalue weighted by atomic mass is 19.4. The predicted molar refractivity (Wildman–Crippen MR) is 68.2 cm³/mol. The number of hydrogen-bond donors (Lipinski definition) is 0. The highest BCUT2D eigenvalue weighted by Crippen LogP contribution is 2.29. The summed E-state index contributed by atoms with van der Waals surface area (Å²) >= 11 is 0. The van der Waals surface area contributed by atoms with Gasteiger partial charge in [0.25, 0.3) is 5.91 Å². The first-order valence-corrected chi connectivity index (χ1v) is 6.15. The molecule has 0 N–H and O–H groups in total. The highest BCUT2D eigenvalue weighted by molar-refractivity contribution is 5.95. The monoisotopic (exact) mass is 299 g/mol. The normalized spacial score (nSPS) is 11.9. The molecule has 7 heteroatoms. The van der Waals surface area contributed by atoms with Crippen LogP contribution in [-0.4, -0.2) is 10.6 Å². The van der Waals surface area contributed by atoms with Crippen LogP contribution >= 0.6 is 0 Å². The number of rotatable bonds is 2. The fourth-order valence-corrected chi connectivity index (χ4v) is 1.83. The Morgan fingerprint density at radius 3 is 2.24 bits per heavy atom. The van der Waals surface area contributed by atoms with Gasteiger partial charge in [-0.05, 0) is 30.2 Å². The number of nitrogens with zero attached hydrogens (tertiary/aromatic N) is 1. The molecular formula is C14H12F3NO3. The van der Waals surface area contributed by atoms with Crippen molar-refractivity contribution in [2.75, 3.05) is 0 Å². The van der Waals surface area contributed by atoms with Crippen molar-refractivity contribution < 1.29 is 22.5 Å². The third kappa shape index (κ3) is 3.07. The standard InChI is InChI=1S/C14H12F3NO3/c1-8(2)11-7-12(19)21-18(11)13(20)9-3-5-10(6-4-9)14(15,16)17/h3-8H,1-2H3. The second-order valence-electron chi connectivity index (χ2n) is 4.81. The molecule has 0 aliphatic heterocycles. The third-order valence-corrected chi connectivity index (χ3v) is 2.92. The molecule has 0 fully saturated rings. The van der Waals surface area contributed by atoms with Crippen LogP contribution in [-0.2, 0) is 6.18 Å². The van der Waals surface area contributed by atoms with Crippen LogP contribution in [0.2, 0.25) is 0 Å². The van der Waals surface area contributed by atoms with Gasteiger partial charge < -0.3 is 4.52 Å². The van der Waals surface area contributed by atoms with Gasteiger partial charge in [0, 0.05) is 11.6 Å². The van der Waals surface area contributed by atoms with Crippen molar-refractivity contribution in [3.05, 3.63) is 57.6 Å². The van der Waals surface area contributed by atoms with E-state index in [2.05, 4.69) is 0 Å². The van der Waals surface area contributed by atoms with Crippen LogP contribution in [0.15, 0.2) is 39.6 Å². The maximum absolute atomic E-state index is 12.5. The number of alkyl halides is 3. The summed E-state index contributed by atoms with van der Waals surface area (Å²) in [6.07, 6.45) is -4.47. The second-order valence-corrected chi connectivity index (χ2v) is 4.81. The smallest absolute Gasteiger partial charge is 0.328 e. The predicted octanol–water partition coefficient (Wildman–Crippen LogP) is 3.27. The Kier molecular flexibility index (Phi) is 3.76. The summed E-state index contributed by atoms with van der Waals surface area (Å²) in [5.41, 5.74) is -1.16. The minimum Gasteiger partial charge on any atom is -0.328 e. The molecule has 1 heterocycles. The van der Waals surface area contributed by atoms with E-state index in [4.69, 9.17) is 4.52 Å². The molecule has 0 aliphatic rings. The van der Waals surface area contributed by atoms with E-state index in [9.17, 15) is 22.8 Å². The Labute approximate surface area is 117 Å². The van der Waals surface area contributed by atoms with Crippen LogP contribution < -0.4 is 5.63 Å². The van der Waals surface area contributed by atoms with Crippen molar-refractivity contribution in [1.82, 2.24) is 4.74 Å². The van der Waals surface area contributed by atoms with Crippen LogP contribution in [0, 0.1) is 0 Å². The van der Waals surface area contributed by atoms with Crippen molar-refractivity contribution in [1.29, 1.82) is 0 Å². The zero-order chi connectivity index (χ0) is 15.8. The van der Waals surface area contributed by atoms with Gasteiger partial charge in [0.15, 0.2) is 0 Å². The van der Waals surface area contributed by atoms with E-state index in [0.717, 1.165) is 29.0 Å². The number of halogens is 3. The molecule has 1 aromatic carbocycles. The van der Waals surface area contributed by atoms with Crippen LogP contribution in [0.5, 0.6) is 0 Å². The Morgan fingerprint density at radius 2 is 1.76 bits per heavy atom. The third-order valence-electron chi connectivity index (χ3n) is 2.92.